The molecule has 2 amide bonds. The monoisotopic (exact) mass is 619 g/mol. The Morgan fingerprint density at radius 3 is 2.44 bits per heavy atom. The molecule has 0 aliphatic carbocycles. The van der Waals surface area contributed by atoms with Crippen LogP contribution in [0.2, 0.25) is 0 Å². The largest absolute Gasteiger partial charge is 0.467 e. The normalized spacial score (nSPS) is 19.5. The van der Waals surface area contributed by atoms with Crippen molar-refractivity contribution in [1.29, 1.82) is 0 Å². The van der Waals surface area contributed by atoms with Crippen LogP contribution in [0.15, 0.2) is 81.5 Å². The van der Waals surface area contributed by atoms with E-state index in [1.165, 1.54) is 7.11 Å². The van der Waals surface area contributed by atoms with Crippen molar-refractivity contribution in [2.24, 2.45) is 10.3 Å². The summed E-state index contributed by atoms with van der Waals surface area (Å²) in [5.74, 6) is -0.537. The molecule has 6 rings (SSSR count). The number of halogens is 1. The second-order valence-corrected chi connectivity index (χ2v) is 10.8. The fraction of sp³-hybridized carbons (Fsp3) is 0.300. The molecule has 3 aromatic rings. The number of nitrogens with one attached hydrogen (secondary N) is 2. The first kappa shape index (κ1) is 28.3. The van der Waals surface area contributed by atoms with E-state index in [1.54, 1.807) is 48.5 Å². The van der Waals surface area contributed by atoms with Crippen LogP contribution in [0.3, 0.4) is 0 Å². The van der Waals surface area contributed by atoms with Crippen LogP contribution < -0.4 is 15.4 Å². The predicted octanol–water partition coefficient (Wildman–Crippen LogP) is 4.95. The van der Waals surface area contributed by atoms with Crippen LogP contribution in [0, 0.1) is 0 Å². The third-order valence-electron chi connectivity index (χ3n) is 6.90. The van der Waals surface area contributed by atoms with E-state index in [0.717, 1.165) is 31.5 Å². The Labute approximate surface area is 246 Å². The molecule has 3 aromatic carbocycles. The van der Waals surface area contributed by atoms with Gasteiger partial charge < -0.3 is 20.1 Å². The van der Waals surface area contributed by atoms with E-state index in [2.05, 4.69) is 36.9 Å². The molecule has 2 N–H and O–H groups in total. The summed E-state index contributed by atoms with van der Waals surface area (Å²) >= 11 is 3.59. The van der Waals surface area contributed by atoms with Gasteiger partial charge in [-0.1, -0.05) is 47.7 Å². The minimum atomic E-state index is -1.03. The van der Waals surface area contributed by atoms with Crippen molar-refractivity contribution in [1.82, 2.24) is 15.6 Å². The van der Waals surface area contributed by atoms with Gasteiger partial charge in [0.25, 0.3) is 0 Å². The van der Waals surface area contributed by atoms with Crippen molar-refractivity contribution in [3.05, 3.63) is 87.9 Å². The summed E-state index contributed by atoms with van der Waals surface area (Å²) in [6.07, 6.45) is 2.30. The molecule has 212 valence electrons. The molecule has 1 saturated heterocycles. The molecule has 3 aliphatic heterocycles. The number of carbonyl (C=O) groups is 3. The van der Waals surface area contributed by atoms with Crippen molar-refractivity contribution < 1.29 is 23.9 Å². The van der Waals surface area contributed by atoms with Crippen molar-refractivity contribution in [2.45, 2.75) is 37.8 Å². The molecule has 0 radical (unpaired) electrons. The number of hydrogen-bond acceptors (Lipinski definition) is 7. The average molecular weight is 621 g/mol. The Hall–Kier alpha value is -4.25. The zero-order valence-corrected chi connectivity index (χ0v) is 24.1. The molecule has 3 heterocycles. The lowest BCUT2D eigenvalue weighted by Crippen LogP contribution is -2.48. The van der Waals surface area contributed by atoms with E-state index in [1.807, 2.05) is 23.2 Å². The SMILES string of the molecule is COC(=O)[C@H]1Cc2ccc(cc2)Oc2cc(cc(Br)c2N=NN2CCCC2)CC(=O)N[C@H](c2ccccc2)C(=O)N1. The quantitative estimate of drug-likeness (QED) is 0.315. The molecule has 3 aliphatic rings. The van der Waals surface area contributed by atoms with Crippen LogP contribution in [0.5, 0.6) is 11.5 Å². The van der Waals surface area contributed by atoms with Crippen LogP contribution in [0.1, 0.15) is 35.6 Å². The Bertz CT molecular complexity index is 1440. The maximum absolute atomic E-state index is 13.5. The number of nitrogens with zero attached hydrogens (tertiary/aromatic N) is 3. The summed E-state index contributed by atoms with van der Waals surface area (Å²) in [7, 11) is 1.27. The average Bonchev–Trinajstić information content (AvgIpc) is 3.49. The highest BCUT2D eigenvalue weighted by molar-refractivity contribution is 9.10. The van der Waals surface area contributed by atoms with Crippen LogP contribution in [0.25, 0.3) is 0 Å². The van der Waals surface area contributed by atoms with E-state index >= 15 is 0 Å². The standard InChI is InChI=1S/C30H30BrN5O5/c1-40-30(39)24-16-19-9-11-22(12-10-19)41-25-17-20(15-23(31)28(25)34-35-36-13-5-6-14-36)18-26(37)33-27(29(38)32-24)21-7-3-2-4-8-21/h2-4,7-12,15,17,24,27H,5-6,13-14,16,18H2,1H3,(H,32,38)(H,33,37)/t24-,27-/m1/s1. The van der Waals surface area contributed by atoms with Gasteiger partial charge in [-0.25, -0.2) is 4.79 Å². The first-order valence-corrected chi connectivity index (χ1v) is 14.2. The van der Waals surface area contributed by atoms with E-state index in [4.69, 9.17) is 9.47 Å². The third kappa shape index (κ3) is 7.10. The summed E-state index contributed by atoms with van der Waals surface area (Å²) in [4.78, 5) is 39.4. The zero-order chi connectivity index (χ0) is 28.8. The first-order chi connectivity index (χ1) is 19.9. The minimum absolute atomic E-state index is 0.0332. The molecule has 11 heteroatoms. The van der Waals surface area contributed by atoms with Crippen molar-refractivity contribution in [2.75, 3.05) is 20.2 Å². The maximum atomic E-state index is 13.5. The molecule has 1 fully saturated rings. The number of esters is 1. The van der Waals surface area contributed by atoms with Gasteiger partial charge in [-0.15, -0.1) is 5.11 Å². The van der Waals surface area contributed by atoms with Gasteiger partial charge in [-0.05, 0) is 69.7 Å². The van der Waals surface area contributed by atoms with Gasteiger partial charge in [-0.3, -0.25) is 14.6 Å². The lowest BCUT2D eigenvalue weighted by molar-refractivity contribution is -0.145. The van der Waals surface area contributed by atoms with Gasteiger partial charge in [0.15, 0.2) is 5.75 Å². The van der Waals surface area contributed by atoms with Crippen molar-refractivity contribution in [3.8, 4) is 11.5 Å². The van der Waals surface area contributed by atoms with Gasteiger partial charge in [0.1, 0.15) is 23.5 Å². The first-order valence-electron chi connectivity index (χ1n) is 13.4. The van der Waals surface area contributed by atoms with E-state index in [0.29, 0.717) is 32.8 Å². The molecular weight excluding hydrogens is 590 g/mol. The van der Waals surface area contributed by atoms with Crippen LogP contribution in [0.4, 0.5) is 5.69 Å². The molecule has 10 nitrogen and oxygen atoms in total. The van der Waals surface area contributed by atoms with Crippen molar-refractivity contribution in [3.63, 3.8) is 0 Å². The summed E-state index contributed by atoms with van der Waals surface area (Å²) in [6.45, 7) is 1.69. The summed E-state index contributed by atoms with van der Waals surface area (Å²) in [5.41, 5.74) is 2.51. The topological polar surface area (TPSA) is 122 Å². The molecule has 0 unspecified atom stereocenters. The molecule has 41 heavy (non-hydrogen) atoms. The van der Waals surface area contributed by atoms with Gasteiger partial charge >= 0.3 is 5.97 Å². The Balaban J connectivity index is 1.54. The molecule has 2 atom stereocenters. The summed E-state index contributed by atoms with van der Waals surface area (Å²) in [6, 6.07) is 17.6. The van der Waals surface area contributed by atoms with Crippen LogP contribution >= 0.6 is 15.9 Å². The second kappa shape index (κ2) is 12.9. The van der Waals surface area contributed by atoms with Gasteiger partial charge in [0, 0.05) is 24.0 Å². The van der Waals surface area contributed by atoms with E-state index in [9.17, 15) is 14.4 Å². The van der Waals surface area contributed by atoms with Crippen LogP contribution in [-0.2, 0) is 32.0 Å². The number of benzene rings is 3. The highest BCUT2D eigenvalue weighted by Crippen LogP contribution is 2.40. The number of methoxy groups -OCH3 is 1. The molecular formula is C30H30BrN5O5. The van der Waals surface area contributed by atoms with Gasteiger partial charge in [-0.2, -0.15) is 0 Å². The molecule has 0 spiro atoms. The second-order valence-electron chi connectivity index (χ2n) is 9.90. The summed E-state index contributed by atoms with van der Waals surface area (Å²) in [5, 5.41) is 16.4. The fourth-order valence-electron chi connectivity index (χ4n) is 4.79. The van der Waals surface area contributed by atoms with E-state index in [-0.39, 0.29) is 18.7 Å². The Kier molecular flexibility index (Phi) is 8.93. The number of ether oxygens (including phenoxy) is 2. The Morgan fingerprint density at radius 2 is 1.73 bits per heavy atom. The smallest absolute Gasteiger partial charge is 0.328 e. The molecule has 4 bridgehead atoms. The summed E-state index contributed by atoms with van der Waals surface area (Å²) < 4.78 is 11.8. The van der Waals surface area contributed by atoms with Crippen LogP contribution in [-0.4, -0.2) is 49.0 Å². The highest BCUT2D eigenvalue weighted by atomic mass is 79.9. The number of fused-ring (bicyclic) bond motifs is 9. The molecule has 0 saturated carbocycles. The van der Waals surface area contributed by atoms with Gasteiger partial charge in [0.05, 0.1) is 13.5 Å². The molecule has 0 aromatic heterocycles. The Morgan fingerprint density at radius 1 is 1.00 bits per heavy atom. The lowest BCUT2D eigenvalue weighted by atomic mass is 10.0. The minimum Gasteiger partial charge on any atom is -0.467 e. The van der Waals surface area contributed by atoms with Gasteiger partial charge in [0.2, 0.25) is 11.8 Å². The lowest BCUT2D eigenvalue weighted by Gasteiger charge is -2.23. The number of hydrogen-bond donors (Lipinski definition) is 2. The third-order valence-corrected chi connectivity index (χ3v) is 7.50. The zero-order valence-electron chi connectivity index (χ0n) is 22.5. The number of amides is 2. The predicted molar refractivity (Wildman–Crippen MR) is 155 cm³/mol. The highest BCUT2D eigenvalue weighted by Gasteiger charge is 2.29. The van der Waals surface area contributed by atoms with Crippen molar-refractivity contribution >= 4 is 39.4 Å². The fourth-order valence-corrected chi connectivity index (χ4v) is 5.36. The maximum Gasteiger partial charge on any atom is 0.328 e. The van der Waals surface area contributed by atoms with E-state index < -0.39 is 24.0 Å². The number of carbonyl (C=O) groups excluding carboxylic acids is 3. The number of rotatable bonds is 4.